The van der Waals surface area contributed by atoms with Crippen LogP contribution in [0, 0.1) is 12.8 Å². The number of ether oxygens (including phenoxy) is 1. The van der Waals surface area contributed by atoms with Gasteiger partial charge in [0.2, 0.25) is 35.4 Å². The van der Waals surface area contributed by atoms with Crippen LogP contribution in [0.15, 0.2) is 126 Å². The molecule has 478 valence electrons. The van der Waals surface area contributed by atoms with Crippen LogP contribution in [0.4, 0.5) is 0 Å². The van der Waals surface area contributed by atoms with Crippen LogP contribution in [-0.2, 0) is 45.3 Å². The molecule has 3 saturated heterocycles. The van der Waals surface area contributed by atoms with E-state index in [4.69, 9.17) is 20.8 Å². The van der Waals surface area contributed by atoms with Crippen LogP contribution in [0.25, 0.3) is 22.3 Å². The molecule has 5 aromatic carbocycles. The number of carbonyl (C=O) groups is 7. The highest BCUT2D eigenvalue weighted by Crippen LogP contribution is 2.28. The Kier molecular flexibility index (Phi) is 25.2. The Morgan fingerprint density at radius 1 is 0.685 bits per heavy atom. The van der Waals surface area contributed by atoms with Gasteiger partial charge in [-0.15, -0.1) is 0 Å². The highest BCUT2D eigenvalue weighted by Gasteiger charge is 2.43. The quantitative estimate of drug-likeness (QED) is 0.0342. The fourth-order valence-electron chi connectivity index (χ4n) is 11.2. The number of aryl methyl sites for hydroxylation is 2. The summed E-state index contributed by atoms with van der Waals surface area (Å²) in [5.41, 5.74) is 18.2. The molecule has 5 aromatic rings. The summed E-state index contributed by atoms with van der Waals surface area (Å²) in [6.07, 6.45) is 6.23. The molecule has 0 aromatic heterocycles. The normalized spacial score (nSPS) is 21.5. The number of nitrogens with zero attached hydrogens (tertiary/aromatic N) is 2. The number of amides is 7. The summed E-state index contributed by atoms with van der Waals surface area (Å²) in [4.78, 5) is 103. The summed E-state index contributed by atoms with van der Waals surface area (Å²) in [7, 11) is -4.02. The smallest absolute Gasteiger partial charge is 0.294 e. The summed E-state index contributed by atoms with van der Waals surface area (Å²) in [6.45, 7) is 8.99. The first-order chi connectivity index (χ1) is 42.6. The summed E-state index contributed by atoms with van der Waals surface area (Å²) in [5.74, 6) is -3.32. The molecule has 0 aliphatic carbocycles. The van der Waals surface area contributed by atoms with Gasteiger partial charge in [-0.05, 0) is 166 Å². The van der Waals surface area contributed by atoms with Crippen molar-refractivity contribution in [3.63, 3.8) is 0 Å². The molecule has 22 heteroatoms. The summed E-state index contributed by atoms with van der Waals surface area (Å²) in [5, 5.41) is 24.4. The van der Waals surface area contributed by atoms with E-state index in [1.54, 1.807) is 50.2 Å². The predicted octanol–water partition coefficient (Wildman–Crippen LogP) is 6.34. The third kappa shape index (κ3) is 19.7. The van der Waals surface area contributed by atoms with Crippen LogP contribution < -0.4 is 42.8 Å². The van der Waals surface area contributed by atoms with Crippen molar-refractivity contribution in [1.29, 1.82) is 0 Å². The molecule has 3 aliphatic heterocycles. The average molecular weight is 1240 g/mol. The minimum Gasteiger partial charge on any atom is -0.508 e. The molecule has 0 spiro atoms. The second-order valence-electron chi connectivity index (χ2n) is 23.5. The largest absolute Gasteiger partial charge is 0.508 e. The van der Waals surface area contributed by atoms with Gasteiger partial charge in [0.1, 0.15) is 47.8 Å². The number of unbranched alkanes of at least 4 members (excludes halogenated alkanes) is 3. The molecule has 3 aliphatic rings. The van der Waals surface area contributed by atoms with E-state index in [0.717, 1.165) is 58.4 Å². The number of nitrogens with one attached hydrogen (secondary N) is 5. The van der Waals surface area contributed by atoms with E-state index < -0.39 is 99.7 Å². The molecule has 89 heavy (non-hydrogen) atoms. The van der Waals surface area contributed by atoms with Gasteiger partial charge in [0, 0.05) is 31.2 Å². The number of hydrogen-bond acceptors (Lipinski definition) is 13. The molecule has 0 radical (unpaired) electrons. The van der Waals surface area contributed by atoms with E-state index in [1.165, 1.54) is 34.1 Å². The van der Waals surface area contributed by atoms with Crippen LogP contribution in [-0.4, -0.2) is 144 Å². The summed E-state index contributed by atoms with van der Waals surface area (Å²) >= 11 is 0. The van der Waals surface area contributed by atoms with Crippen molar-refractivity contribution >= 4 is 51.5 Å². The minimum absolute atomic E-state index is 0.0656. The Labute approximate surface area is 522 Å². The Balaban J connectivity index is 0.000000924. The van der Waals surface area contributed by atoms with Gasteiger partial charge in [-0.2, -0.15) is 8.42 Å². The van der Waals surface area contributed by atoms with Crippen LogP contribution in [0.2, 0.25) is 0 Å². The lowest BCUT2D eigenvalue weighted by atomic mass is 9.99. The lowest BCUT2D eigenvalue weighted by Crippen LogP contribution is -2.60. The molecule has 8 rings (SSSR count). The van der Waals surface area contributed by atoms with Gasteiger partial charge in [0.05, 0.1) is 11.5 Å². The molecule has 0 unspecified atom stereocenters. The topological polar surface area (TPSA) is 322 Å². The highest BCUT2D eigenvalue weighted by molar-refractivity contribution is 7.85. The zero-order chi connectivity index (χ0) is 64.2. The number of benzene rings is 5. The predicted molar refractivity (Wildman–Crippen MR) is 340 cm³/mol. The van der Waals surface area contributed by atoms with Gasteiger partial charge in [0.15, 0.2) is 0 Å². The molecular weight excluding hydrogens is 1150 g/mol. The second kappa shape index (κ2) is 32.9. The van der Waals surface area contributed by atoms with Crippen LogP contribution >= 0.6 is 0 Å². The van der Waals surface area contributed by atoms with E-state index in [1.807, 2.05) is 67.6 Å². The molecular formula is C67H87N9O12S. The third-order valence-electron chi connectivity index (χ3n) is 16.3. The highest BCUT2D eigenvalue weighted by atomic mass is 32.2. The fraction of sp³-hybridized carbons (Fsp3) is 0.448. The molecule has 0 bridgehead atoms. The molecule has 7 amide bonds. The first-order valence-corrected chi connectivity index (χ1v) is 32.4. The van der Waals surface area contributed by atoms with Crippen molar-refractivity contribution in [2.24, 2.45) is 17.4 Å². The molecule has 21 nitrogen and oxygen atoms in total. The number of carbonyl (C=O) groups excluding carboxylic acids is 7. The van der Waals surface area contributed by atoms with Crippen molar-refractivity contribution in [3.05, 3.63) is 138 Å². The van der Waals surface area contributed by atoms with Gasteiger partial charge in [-0.1, -0.05) is 112 Å². The van der Waals surface area contributed by atoms with Gasteiger partial charge in [-0.3, -0.25) is 38.1 Å². The lowest BCUT2D eigenvalue weighted by Gasteiger charge is -2.32. The number of nitrogens with two attached hydrogens (primary N) is 2. The van der Waals surface area contributed by atoms with E-state index >= 15 is 0 Å². The third-order valence-corrected chi connectivity index (χ3v) is 17.2. The van der Waals surface area contributed by atoms with E-state index in [9.17, 15) is 47.1 Å². The summed E-state index contributed by atoms with van der Waals surface area (Å²) < 4.78 is 35.4. The second-order valence-corrected chi connectivity index (χ2v) is 24.9. The zero-order valence-electron chi connectivity index (χ0n) is 51.3. The first-order valence-electron chi connectivity index (χ1n) is 31.0. The standard InChI is InChI=1S/C60H79N9O9.C7H8O3S/c1-4-5-8-35-78-47-29-25-43(26-30-47)41-19-17-40(18-20-41)42-21-23-44(24-22-42)54(71)64-48-12-9-33-63-57(74)52-36-45(62)37-69(52)59(76)50(11-6-7-32-61)66-55(72)49(31-16-39-14-27-46(70)28-15-39)65-58(75)51-13-10-34-68(51)60(77)53(38(2)3)67-56(48)73;1-6-2-4-7(5-3-6)11(8,9)10/h14-15,17-30,38,45,48-53,70H,4-13,16,31-37,61-62H2,1-3H3,(H,63,74)(H,64,71)(H,65,75)(H,66,72)(H,67,73);2-5H,1H3,(H,8,9,10)/t45-,48-,49-,50-,51-,52-,53-;/m0./s1. The zero-order valence-corrected chi connectivity index (χ0v) is 52.1. The Bertz CT molecular complexity index is 3290. The number of phenols is 1. The van der Waals surface area contributed by atoms with Crippen molar-refractivity contribution in [1.82, 2.24) is 36.4 Å². The minimum atomic E-state index is -4.02. The lowest BCUT2D eigenvalue weighted by molar-refractivity contribution is -0.143. The number of aromatic hydroxyl groups is 1. The average Bonchev–Trinajstić information content (AvgIpc) is 3.46. The molecule has 3 heterocycles. The fourth-order valence-corrected chi connectivity index (χ4v) is 11.6. The monoisotopic (exact) mass is 1240 g/mol. The molecule has 11 N–H and O–H groups in total. The van der Waals surface area contributed by atoms with Crippen molar-refractivity contribution in [2.75, 3.05) is 32.8 Å². The van der Waals surface area contributed by atoms with E-state index in [0.29, 0.717) is 50.8 Å². The van der Waals surface area contributed by atoms with Crippen LogP contribution in [0.5, 0.6) is 11.5 Å². The number of hydrogen-bond donors (Lipinski definition) is 9. The van der Waals surface area contributed by atoms with Crippen molar-refractivity contribution in [3.8, 4) is 33.8 Å². The Hall–Kier alpha value is -8.18. The van der Waals surface area contributed by atoms with Gasteiger partial charge >= 0.3 is 0 Å². The van der Waals surface area contributed by atoms with Crippen molar-refractivity contribution in [2.45, 2.75) is 158 Å². The SMILES string of the molecule is CCCCCOc1ccc(-c2ccc(-c3ccc(C(=O)N[C@H]4CCCNC(=O)[C@@H]5C[C@H](N)CN5C(=O)[C@H](CCCCN)NC(=O)[C@H](CCc5ccc(O)cc5)NC(=O)[C@@H]5CCCN5C(=O)[C@H](C(C)C)NC4=O)cc3)cc2)cc1.Cc1ccc(S(=O)(=O)O)cc1. The van der Waals surface area contributed by atoms with E-state index in [2.05, 4.69) is 33.5 Å². The van der Waals surface area contributed by atoms with Crippen LogP contribution in [0.1, 0.15) is 119 Å². The molecule has 3 fully saturated rings. The molecule has 0 saturated carbocycles. The Morgan fingerprint density at radius 2 is 1.30 bits per heavy atom. The Morgan fingerprint density at radius 3 is 1.91 bits per heavy atom. The number of fused-ring (bicyclic) bond motifs is 2. The number of phenolic OH excluding ortho intramolecular Hbond substituents is 1. The van der Waals surface area contributed by atoms with Gasteiger partial charge < -0.3 is 57.7 Å². The maximum atomic E-state index is 14.6. The maximum absolute atomic E-state index is 14.6. The summed E-state index contributed by atoms with van der Waals surface area (Å²) in [6, 6.07) is 28.8. The maximum Gasteiger partial charge on any atom is 0.294 e. The van der Waals surface area contributed by atoms with Gasteiger partial charge in [0.25, 0.3) is 16.0 Å². The van der Waals surface area contributed by atoms with E-state index in [-0.39, 0.29) is 62.4 Å². The first kappa shape index (κ1) is 68.3. The van der Waals surface area contributed by atoms with Crippen LogP contribution in [0.3, 0.4) is 0 Å². The van der Waals surface area contributed by atoms with Crippen molar-refractivity contribution < 1.29 is 56.4 Å². The number of rotatable bonds is 18. The van der Waals surface area contributed by atoms with Gasteiger partial charge in [-0.25, -0.2) is 0 Å². The molecule has 7 atom stereocenters.